The van der Waals surface area contributed by atoms with Crippen LogP contribution in [0.4, 0.5) is 22.0 Å². The number of nitriles is 1. The van der Waals surface area contributed by atoms with Crippen LogP contribution in [-0.2, 0) is 11.4 Å². The molecule has 4 aromatic rings. The van der Waals surface area contributed by atoms with Gasteiger partial charge in [-0.2, -0.15) is 14.0 Å². The Morgan fingerprint density at radius 3 is 2.11 bits per heavy atom. The average Bonchev–Trinajstić information content (AvgIpc) is 3.02. The minimum atomic E-state index is -2.36. The molecule has 1 heterocycles. The van der Waals surface area contributed by atoms with Crippen molar-refractivity contribution >= 4 is 5.97 Å². The van der Waals surface area contributed by atoms with E-state index in [1.165, 1.54) is 18.2 Å². The van der Waals surface area contributed by atoms with Gasteiger partial charge in [0.1, 0.15) is 35.5 Å². The summed E-state index contributed by atoms with van der Waals surface area (Å²) in [5.41, 5.74) is 9.53. The van der Waals surface area contributed by atoms with Crippen molar-refractivity contribution in [2.75, 3.05) is 6.61 Å². The molecule has 0 radical (unpaired) electrons. The molecule has 1 aliphatic heterocycles. The fraction of sp³-hybridized carbons (Fsp3) is 0.125. The fourth-order valence-electron chi connectivity index (χ4n) is 4.45. The summed E-state index contributed by atoms with van der Waals surface area (Å²) in [5.74, 6) is -14.3. The van der Waals surface area contributed by atoms with Gasteiger partial charge >= 0.3 is 5.97 Å². The lowest BCUT2D eigenvalue weighted by Crippen LogP contribution is -2.22. The molecule has 224 valence electrons. The largest absolute Gasteiger partial charge is 0.489 e. The SMILES string of the molecule is Cc1ccc(COc2ccc(C3C(C#N)=C(N)Oc4cc(OC(=O)COc5c(F)c(F)c(F)c(F)c5F)ccc43)cc2)cc1. The number of nitrogens with zero attached hydrogens (tertiary/aromatic N) is 1. The van der Waals surface area contributed by atoms with E-state index >= 15 is 0 Å². The van der Waals surface area contributed by atoms with Crippen molar-refractivity contribution in [3.63, 3.8) is 0 Å². The lowest BCUT2D eigenvalue weighted by molar-refractivity contribution is -0.136. The van der Waals surface area contributed by atoms with Crippen LogP contribution >= 0.6 is 0 Å². The number of carbonyl (C=O) groups excluding carboxylic acids is 1. The molecular weight excluding hydrogens is 587 g/mol. The molecule has 1 unspecified atom stereocenters. The number of benzene rings is 4. The van der Waals surface area contributed by atoms with Gasteiger partial charge in [0.05, 0.1) is 5.92 Å². The maximum atomic E-state index is 13.8. The van der Waals surface area contributed by atoms with Gasteiger partial charge in [0.2, 0.25) is 35.0 Å². The third-order valence-corrected chi connectivity index (χ3v) is 6.67. The zero-order valence-electron chi connectivity index (χ0n) is 22.8. The van der Waals surface area contributed by atoms with Crippen molar-refractivity contribution in [2.45, 2.75) is 19.4 Å². The summed E-state index contributed by atoms with van der Waals surface area (Å²) in [6, 6.07) is 21.2. The van der Waals surface area contributed by atoms with Crippen LogP contribution in [0.3, 0.4) is 0 Å². The molecule has 2 N–H and O–H groups in total. The van der Waals surface area contributed by atoms with Crippen molar-refractivity contribution in [3.05, 3.63) is 130 Å². The number of allylic oxidation sites excluding steroid dienone is 1. The van der Waals surface area contributed by atoms with E-state index in [1.54, 1.807) is 24.3 Å². The van der Waals surface area contributed by atoms with Crippen molar-refractivity contribution in [1.82, 2.24) is 0 Å². The second kappa shape index (κ2) is 12.3. The Hall–Kier alpha value is -5.57. The molecular formula is C32H21F5N2O5. The van der Waals surface area contributed by atoms with E-state index in [0.29, 0.717) is 23.5 Å². The number of esters is 1. The van der Waals surface area contributed by atoms with Gasteiger partial charge in [-0.25, -0.2) is 18.0 Å². The Kier molecular flexibility index (Phi) is 8.39. The molecule has 0 amide bonds. The molecule has 0 bridgehead atoms. The molecule has 0 aromatic heterocycles. The first-order chi connectivity index (χ1) is 21.1. The van der Waals surface area contributed by atoms with Crippen LogP contribution in [0.1, 0.15) is 28.2 Å². The molecule has 12 heteroatoms. The molecule has 4 aromatic carbocycles. The molecule has 0 saturated carbocycles. The Morgan fingerprint density at radius 1 is 0.864 bits per heavy atom. The van der Waals surface area contributed by atoms with Gasteiger partial charge in [-0.15, -0.1) is 0 Å². The van der Waals surface area contributed by atoms with Crippen LogP contribution < -0.4 is 24.7 Å². The smallest absolute Gasteiger partial charge is 0.349 e. The summed E-state index contributed by atoms with van der Waals surface area (Å²) in [5, 5.41) is 9.82. The van der Waals surface area contributed by atoms with Gasteiger partial charge < -0.3 is 24.7 Å². The summed E-state index contributed by atoms with van der Waals surface area (Å²) < 4.78 is 88.8. The molecule has 44 heavy (non-hydrogen) atoms. The highest BCUT2D eigenvalue weighted by atomic mass is 19.2. The molecule has 0 fully saturated rings. The molecule has 1 atom stereocenters. The Labute approximate surface area is 247 Å². The molecule has 7 nitrogen and oxygen atoms in total. The van der Waals surface area contributed by atoms with E-state index in [1.807, 2.05) is 31.2 Å². The third-order valence-electron chi connectivity index (χ3n) is 6.67. The first-order valence-electron chi connectivity index (χ1n) is 12.9. The predicted molar refractivity (Wildman–Crippen MR) is 145 cm³/mol. The number of aryl methyl sites for hydroxylation is 1. The van der Waals surface area contributed by atoms with Crippen LogP contribution in [0.15, 0.2) is 78.2 Å². The zero-order valence-corrected chi connectivity index (χ0v) is 22.8. The summed E-state index contributed by atoms with van der Waals surface area (Å²) in [6.07, 6.45) is 0. The van der Waals surface area contributed by atoms with Gasteiger partial charge in [-0.1, -0.05) is 48.0 Å². The minimum absolute atomic E-state index is 0.110. The van der Waals surface area contributed by atoms with Crippen LogP contribution in [0.5, 0.6) is 23.0 Å². The van der Waals surface area contributed by atoms with E-state index in [2.05, 4.69) is 10.8 Å². The second-order valence-electron chi connectivity index (χ2n) is 9.63. The van der Waals surface area contributed by atoms with E-state index < -0.39 is 53.3 Å². The van der Waals surface area contributed by atoms with Gasteiger partial charge in [0.15, 0.2) is 12.4 Å². The van der Waals surface area contributed by atoms with Gasteiger partial charge in [0, 0.05) is 11.6 Å². The summed E-state index contributed by atoms with van der Waals surface area (Å²) in [6.45, 7) is 1.18. The number of ether oxygens (including phenoxy) is 4. The fourth-order valence-corrected chi connectivity index (χ4v) is 4.45. The molecule has 0 saturated heterocycles. The van der Waals surface area contributed by atoms with Crippen molar-refractivity contribution in [1.29, 1.82) is 5.26 Å². The number of hydrogen-bond donors (Lipinski definition) is 1. The van der Waals surface area contributed by atoms with E-state index in [-0.39, 0.29) is 23.0 Å². The lowest BCUT2D eigenvalue weighted by atomic mass is 9.83. The minimum Gasteiger partial charge on any atom is -0.489 e. The van der Waals surface area contributed by atoms with Gasteiger partial charge in [-0.05, 0) is 36.2 Å². The Balaban J connectivity index is 1.31. The molecule has 0 aliphatic carbocycles. The van der Waals surface area contributed by atoms with E-state index in [4.69, 9.17) is 19.9 Å². The monoisotopic (exact) mass is 608 g/mol. The maximum Gasteiger partial charge on any atom is 0.349 e. The zero-order chi connectivity index (χ0) is 31.5. The van der Waals surface area contributed by atoms with Crippen LogP contribution in [-0.4, -0.2) is 12.6 Å². The highest BCUT2D eigenvalue weighted by Crippen LogP contribution is 2.43. The Bertz CT molecular complexity index is 1790. The first kappa shape index (κ1) is 29.9. The maximum absolute atomic E-state index is 13.8. The first-order valence-corrected chi connectivity index (χ1v) is 12.9. The van der Waals surface area contributed by atoms with E-state index in [9.17, 15) is 32.0 Å². The van der Waals surface area contributed by atoms with Gasteiger partial charge in [0.25, 0.3) is 0 Å². The van der Waals surface area contributed by atoms with Crippen molar-refractivity contribution in [2.24, 2.45) is 5.73 Å². The summed E-state index contributed by atoms with van der Waals surface area (Å²) in [4.78, 5) is 12.3. The number of carbonyl (C=O) groups is 1. The average molecular weight is 609 g/mol. The van der Waals surface area contributed by atoms with Crippen LogP contribution in [0, 0.1) is 47.3 Å². The normalized spacial score (nSPS) is 13.9. The van der Waals surface area contributed by atoms with Crippen LogP contribution in [0.2, 0.25) is 0 Å². The lowest BCUT2D eigenvalue weighted by Gasteiger charge is -2.26. The number of hydrogen-bond acceptors (Lipinski definition) is 7. The molecule has 1 aliphatic rings. The number of rotatable bonds is 8. The number of halogens is 5. The topological polar surface area (TPSA) is 104 Å². The van der Waals surface area contributed by atoms with Crippen molar-refractivity contribution in [3.8, 4) is 29.1 Å². The van der Waals surface area contributed by atoms with E-state index in [0.717, 1.165) is 11.1 Å². The van der Waals surface area contributed by atoms with Crippen molar-refractivity contribution < 1.29 is 45.7 Å². The van der Waals surface area contributed by atoms with Crippen LogP contribution in [0.25, 0.3) is 0 Å². The predicted octanol–water partition coefficient (Wildman–Crippen LogP) is 6.47. The standard InChI is InChI=1S/C32H21F5N2O5/c1-16-2-4-17(5-3-16)14-41-19-8-6-18(7-9-19)25-21-11-10-20(12-23(21)44-32(39)22(25)13-38)43-24(40)15-42-31-29(36)27(34)26(33)28(35)30(31)37/h2-12,25H,14-15,39H2,1H3. The summed E-state index contributed by atoms with van der Waals surface area (Å²) in [7, 11) is 0. The molecule has 0 spiro atoms. The summed E-state index contributed by atoms with van der Waals surface area (Å²) >= 11 is 0. The number of nitrogens with two attached hydrogens (primary N) is 1. The second-order valence-corrected chi connectivity index (χ2v) is 9.63. The highest BCUT2D eigenvalue weighted by Gasteiger charge is 2.31. The van der Waals surface area contributed by atoms with Gasteiger partial charge in [-0.3, -0.25) is 0 Å². The number of fused-ring (bicyclic) bond motifs is 1. The molecule has 5 rings (SSSR count). The third kappa shape index (κ3) is 5.98. The quantitative estimate of drug-likeness (QED) is 0.0804. The Morgan fingerprint density at radius 2 is 1.48 bits per heavy atom. The highest BCUT2D eigenvalue weighted by molar-refractivity contribution is 5.74.